The molecule has 0 aromatic carbocycles. The molecule has 0 aromatic rings. The van der Waals surface area contributed by atoms with E-state index in [0.717, 1.165) is 0 Å². The molecular weight excluding hydrogens is 276 g/mol. The number of alkyl halides is 5. The molecule has 1 atom stereocenters. The molecule has 0 aliphatic rings. The summed E-state index contributed by atoms with van der Waals surface area (Å²) in [6.07, 6.45) is -5.80. The number of rotatable bonds is 2. The highest BCUT2D eigenvalue weighted by Gasteiger charge is 2.62. The number of ether oxygens (including phenoxy) is 1. The number of hydrogen-bond acceptors (Lipinski definition) is 3. The highest BCUT2D eigenvalue weighted by Crippen LogP contribution is 2.40. The second kappa shape index (κ2) is 4.24. The first kappa shape index (κ1) is 13.3. The molecule has 0 N–H and O–H groups in total. The van der Waals surface area contributed by atoms with Gasteiger partial charge in [-0.2, -0.15) is 13.2 Å². The highest BCUT2D eigenvalue weighted by atomic mass is 79.9. The third kappa shape index (κ3) is 2.93. The van der Waals surface area contributed by atoms with E-state index in [-0.39, 0.29) is 6.42 Å². The molecule has 0 saturated heterocycles. The molecular formula is C6H5BrF4O3. The average molecular weight is 281 g/mol. The molecule has 0 saturated carbocycles. The predicted molar refractivity (Wildman–Crippen MR) is 40.2 cm³/mol. The lowest BCUT2D eigenvalue weighted by Gasteiger charge is -2.18. The van der Waals surface area contributed by atoms with Gasteiger partial charge in [-0.25, -0.2) is 9.18 Å². The van der Waals surface area contributed by atoms with Gasteiger partial charge in [0, 0.05) is 6.42 Å². The first-order valence-electron chi connectivity index (χ1n) is 3.32. The second-order valence-electron chi connectivity index (χ2n) is 2.19. The molecule has 0 spiro atoms. The molecule has 14 heavy (non-hydrogen) atoms. The minimum absolute atomic E-state index is 0.327. The maximum atomic E-state index is 12.7. The SMILES string of the molecule is CCC(=O)OC(=O)C(F)(Br)C(F)(F)F. The van der Waals surface area contributed by atoms with Gasteiger partial charge in [-0.3, -0.25) is 4.79 Å². The topological polar surface area (TPSA) is 43.4 Å². The lowest BCUT2D eigenvalue weighted by molar-refractivity contribution is -0.209. The molecule has 0 aromatic heterocycles. The summed E-state index contributed by atoms with van der Waals surface area (Å²) in [6.45, 7) is 1.25. The maximum absolute atomic E-state index is 12.7. The van der Waals surface area contributed by atoms with Crippen molar-refractivity contribution in [3.8, 4) is 0 Å². The standard InChI is InChI=1S/C6H5BrF4O3/c1-2-3(12)14-4(13)5(7,8)6(9,10)11/h2H2,1H3. The fraction of sp³-hybridized carbons (Fsp3) is 0.667. The molecule has 3 nitrogen and oxygen atoms in total. The summed E-state index contributed by atoms with van der Waals surface area (Å²) in [6, 6.07) is 0. The second-order valence-corrected chi connectivity index (χ2v) is 3.28. The molecule has 0 amide bonds. The van der Waals surface area contributed by atoms with Crippen LogP contribution in [-0.2, 0) is 14.3 Å². The van der Waals surface area contributed by atoms with Gasteiger partial charge in [0.1, 0.15) is 0 Å². The van der Waals surface area contributed by atoms with Crippen LogP contribution in [-0.4, -0.2) is 22.7 Å². The van der Waals surface area contributed by atoms with Gasteiger partial charge in [0.25, 0.3) is 0 Å². The third-order valence-corrected chi connectivity index (χ3v) is 1.88. The van der Waals surface area contributed by atoms with Crippen LogP contribution in [0, 0.1) is 0 Å². The van der Waals surface area contributed by atoms with Gasteiger partial charge in [0.05, 0.1) is 0 Å². The zero-order chi connectivity index (χ0) is 11.6. The summed E-state index contributed by atoms with van der Waals surface area (Å²) < 4.78 is 47.3. The normalized spacial score (nSPS) is 15.9. The first-order valence-corrected chi connectivity index (χ1v) is 4.12. The van der Waals surface area contributed by atoms with E-state index in [1.54, 1.807) is 0 Å². The molecule has 0 heterocycles. The van der Waals surface area contributed by atoms with Crippen LogP contribution in [0.3, 0.4) is 0 Å². The van der Waals surface area contributed by atoms with E-state index >= 15 is 0 Å². The number of hydrogen-bond donors (Lipinski definition) is 0. The number of halogens is 5. The van der Waals surface area contributed by atoms with Crippen molar-refractivity contribution in [2.45, 2.75) is 24.1 Å². The Morgan fingerprint density at radius 1 is 1.29 bits per heavy atom. The quantitative estimate of drug-likeness (QED) is 0.337. The lowest BCUT2D eigenvalue weighted by Crippen LogP contribution is -2.44. The van der Waals surface area contributed by atoms with Crippen molar-refractivity contribution in [1.29, 1.82) is 0 Å². The van der Waals surface area contributed by atoms with E-state index in [9.17, 15) is 27.2 Å². The van der Waals surface area contributed by atoms with Crippen LogP contribution in [0.15, 0.2) is 0 Å². The van der Waals surface area contributed by atoms with Crippen LogP contribution < -0.4 is 0 Å². The molecule has 8 heteroatoms. The van der Waals surface area contributed by atoms with Crippen LogP contribution >= 0.6 is 15.9 Å². The summed E-state index contributed by atoms with van der Waals surface area (Å²) in [5.41, 5.74) is 0. The molecule has 0 aliphatic carbocycles. The molecule has 0 bridgehead atoms. The number of esters is 2. The van der Waals surface area contributed by atoms with Gasteiger partial charge in [-0.15, -0.1) is 0 Å². The Kier molecular flexibility index (Phi) is 4.04. The number of carbonyl (C=O) groups is 2. The van der Waals surface area contributed by atoms with Crippen LogP contribution in [0.1, 0.15) is 13.3 Å². The Bertz CT molecular complexity index is 248. The van der Waals surface area contributed by atoms with Crippen LogP contribution in [0.2, 0.25) is 0 Å². The van der Waals surface area contributed by atoms with E-state index < -0.39 is 22.7 Å². The summed E-state index contributed by atoms with van der Waals surface area (Å²) >= 11 is 1.51. The Balaban J connectivity index is 4.61. The van der Waals surface area contributed by atoms with Crippen molar-refractivity contribution >= 4 is 27.9 Å². The van der Waals surface area contributed by atoms with Crippen LogP contribution in [0.5, 0.6) is 0 Å². The molecule has 0 rings (SSSR count). The van der Waals surface area contributed by atoms with E-state index in [4.69, 9.17) is 0 Å². The van der Waals surface area contributed by atoms with Crippen molar-refractivity contribution < 1.29 is 31.9 Å². The van der Waals surface area contributed by atoms with E-state index in [1.165, 1.54) is 22.9 Å². The van der Waals surface area contributed by atoms with Crippen molar-refractivity contribution in [2.24, 2.45) is 0 Å². The van der Waals surface area contributed by atoms with Crippen molar-refractivity contribution in [2.75, 3.05) is 0 Å². The Labute approximate surface area is 84.5 Å². The van der Waals surface area contributed by atoms with E-state index in [2.05, 4.69) is 4.74 Å². The van der Waals surface area contributed by atoms with Crippen LogP contribution in [0.25, 0.3) is 0 Å². The van der Waals surface area contributed by atoms with Crippen molar-refractivity contribution in [3.63, 3.8) is 0 Å². The molecule has 82 valence electrons. The summed E-state index contributed by atoms with van der Waals surface area (Å²) in [5.74, 6) is -3.56. The molecule has 0 aliphatic heterocycles. The van der Waals surface area contributed by atoms with Crippen molar-refractivity contribution in [3.05, 3.63) is 0 Å². The Hall–Kier alpha value is -0.660. The Morgan fingerprint density at radius 2 is 1.71 bits per heavy atom. The summed E-state index contributed by atoms with van der Waals surface area (Å²) in [4.78, 5) is 20.9. The zero-order valence-corrected chi connectivity index (χ0v) is 8.41. The zero-order valence-electron chi connectivity index (χ0n) is 6.82. The Morgan fingerprint density at radius 3 is 2.00 bits per heavy atom. The van der Waals surface area contributed by atoms with Gasteiger partial charge in [-0.05, 0) is 15.9 Å². The van der Waals surface area contributed by atoms with Gasteiger partial charge >= 0.3 is 22.7 Å². The monoisotopic (exact) mass is 280 g/mol. The molecule has 1 unspecified atom stereocenters. The smallest absolute Gasteiger partial charge is 0.390 e. The van der Waals surface area contributed by atoms with Gasteiger partial charge < -0.3 is 4.74 Å². The largest absolute Gasteiger partial charge is 0.444 e. The number of carbonyl (C=O) groups excluding carboxylic acids is 2. The van der Waals surface area contributed by atoms with Gasteiger partial charge in [0.15, 0.2) is 0 Å². The minimum atomic E-state index is -5.47. The highest BCUT2D eigenvalue weighted by molar-refractivity contribution is 9.10. The predicted octanol–water partition coefficient (Wildman–Crippen LogP) is 2.09. The molecule has 0 radical (unpaired) electrons. The lowest BCUT2D eigenvalue weighted by atomic mass is 10.4. The van der Waals surface area contributed by atoms with Gasteiger partial charge in [0.2, 0.25) is 0 Å². The average Bonchev–Trinajstić information content (AvgIpc) is 2.01. The van der Waals surface area contributed by atoms with E-state index in [0.29, 0.717) is 0 Å². The molecule has 0 fully saturated rings. The van der Waals surface area contributed by atoms with Crippen molar-refractivity contribution in [1.82, 2.24) is 0 Å². The fourth-order valence-corrected chi connectivity index (χ4v) is 0.436. The van der Waals surface area contributed by atoms with Crippen LogP contribution in [0.4, 0.5) is 17.6 Å². The maximum Gasteiger partial charge on any atom is 0.444 e. The summed E-state index contributed by atoms with van der Waals surface area (Å²) in [5, 5.41) is 0. The summed E-state index contributed by atoms with van der Waals surface area (Å²) in [7, 11) is 0. The van der Waals surface area contributed by atoms with Gasteiger partial charge in [-0.1, -0.05) is 6.92 Å². The minimum Gasteiger partial charge on any atom is -0.390 e. The third-order valence-electron chi connectivity index (χ3n) is 1.11. The first-order chi connectivity index (χ1) is 6.13. The van der Waals surface area contributed by atoms with E-state index in [1.807, 2.05) is 0 Å². The fourth-order valence-electron chi connectivity index (χ4n) is 0.355.